The van der Waals surface area contributed by atoms with E-state index in [1.807, 2.05) is 0 Å². The fourth-order valence-corrected chi connectivity index (χ4v) is 1.52. The summed E-state index contributed by atoms with van der Waals surface area (Å²) in [5.74, 6) is -2.65. The lowest BCUT2D eigenvalue weighted by molar-refractivity contribution is -0.387. The Hall–Kier alpha value is -3.23. The van der Waals surface area contributed by atoms with E-state index in [0.29, 0.717) is 0 Å². The quantitative estimate of drug-likeness (QED) is 0.514. The number of furan rings is 1. The molecule has 0 unspecified atom stereocenters. The van der Waals surface area contributed by atoms with E-state index in [4.69, 9.17) is 4.42 Å². The van der Waals surface area contributed by atoms with E-state index >= 15 is 0 Å². The van der Waals surface area contributed by atoms with Crippen LogP contribution < -0.4 is 5.32 Å². The number of benzene rings is 1. The Kier molecular flexibility index (Phi) is 4.47. The van der Waals surface area contributed by atoms with Gasteiger partial charge in [0, 0.05) is 11.8 Å². The van der Waals surface area contributed by atoms with Crippen molar-refractivity contribution in [3.05, 3.63) is 58.3 Å². The third kappa shape index (κ3) is 3.66. The summed E-state index contributed by atoms with van der Waals surface area (Å²) in [7, 11) is 0. The van der Waals surface area contributed by atoms with Crippen LogP contribution in [0.3, 0.4) is 0 Å². The average Bonchev–Trinajstić information content (AvgIpc) is 3.01. The molecule has 0 atom stereocenters. The largest absolute Gasteiger partial charge is 0.457 e. The second-order valence-electron chi connectivity index (χ2n) is 4.02. The first-order valence-electron chi connectivity index (χ1n) is 5.92. The first-order valence-corrected chi connectivity index (χ1v) is 5.92. The van der Waals surface area contributed by atoms with Crippen molar-refractivity contribution in [2.24, 2.45) is 0 Å². The Labute approximate surface area is 122 Å². The molecule has 1 aromatic carbocycles. The molecule has 1 N–H and O–H groups in total. The van der Waals surface area contributed by atoms with Crippen LogP contribution in [0.5, 0.6) is 0 Å². The average molecular weight is 308 g/mol. The van der Waals surface area contributed by atoms with Crippen LogP contribution in [0.4, 0.5) is 15.8 Å². The van der Waals surface area contributed by atoms with Crippen LogP contribution in [0, 0.1) is 15.9 Å². The minimum absolute atomic E-state index is 0.00662. The number of rotatable bonds is 5. The molecule has 2 aromatic rings. The summed E-state index contributed by atoms with van der Waals surface area (Å²) < 4.78 is 22.6. The summed E-state index contributed by atoms with van der Waals surface area (Å²) in [6, 6.07) is 5.71. The highest BCUT2D eigenvalue weighted by Crippen LogP contribution is 2.21. The summed E-state index contributed by atoms with van der Waals surface area (Å²) in [4.78, 5) is 32.7. The molecule has 2 rings (SSSR count). The lowest BCUT2D eigenvalue weighted by Gasteiger charge is -2.06. The van der Waals surface area contributed by atoms with Gasteiger partial charge in [-0.15, -0.1) is 0 Å². The first-order chi connectivity index (χ1) is 10.5. The van der Waals surface area contributed by atoms with E-state index in [1.54, 1.807) is 0 Å². The molecule has 0 spiro atoms. The van der Waals surface area contributed by atoms with Gasteiger partial charge in [0.25, 0.3) is 5.91 Å². The number of nitro groups is 1. The molecule has 0 fully saturated rings. The number of amides is 1. The highest BCUT2D eigenvalue weighted by atomic mass is 19.1. The van der Waals surface area contributed by atoms with Crippen LogP contribution in [0.15, 0.2) is 41.0 Å². The smallest absolute Gasteiger partial charge is 0.374 e. The van der Waals surface area contributed by atoms with Crippen molar-refractivity contribution in [3.63, 3.8) is 0 Å². The van der Waals surface area contributed by atoms with Gasteiger partial charge in [-0.25, -0.2) is 4.79 Å². The summed E-state index contributed by atoms with van der Waals surface area (Å²) in [6.07, 6.45) is 1.27. The number of nitrogens with zero attached hydrogens (tertiary/aromatic N) is 1. The number of esters is 1. The van der Waals surface area contributed by atoms with Crippen LogP contribution in [-0.2, 0) is 9.53 Å². The van der Waals surface area contributed by atoms with Gasteiger partial charge in [-0.3, -0.25) is 14.9 Å². The van der Waals surface area contributed by atoms with Crippen molar-refractivity contribution in [2.45, 2.75) is 0 Å². The number of hydrogen-bond donors (Lipinski definition) is 1. The van der Waals surface area contributed by atoms with Gasteiger partial charge in [0.2, 0.25) is 11.6 Å². The molecule has 0 aliphatic heterocycles. The molecular weight excluding hydrogens is 299 g/mol. The normalized spacial score (nSPS) is 10.0. The van der Waals surface area contributed by atoms with Gasteiger partial charge < -0.3 is 14.5 Å². The SMILES string of the molecule is O=C(COC(=O)c1ccco1)Nc1ccc(F)c([N+](=O)[O-])c1. The molecule has 1 heterocycles. The standard InChI is InChI=1S/C13H9FN2O6/c14-9-4-3-8(6-10(9)16(19)20)15-12(17)7-22-13(18)11-2-1-5-21-11/h1-6H,7H2,(H,15,17). The number of carbonyl (C=O) groups is 2. The van der Waals surface area contributed by atoms with Crippen LogP contribution in [0.1, 0.15) is 10.6 Å². The van der Waals surface area contributed by atoms with Crippen LogP contribution in [0.25, 0.3) is 0 Å². The lowest BCUT2D eigenvalue weighted by Crippen LogP contribution is -2.20. The zero-order chi connectivity index (χ0) is 16.1. The lowest BCUT2D eigenvalue weighted by atomic mass is 10.2. The van der Waals surface area contributed by atoms with E-state index in [9.17, 15) is 24.1 Å². The van der Waals surface area contributed by atoms with E-state index in [1.165, 1.54) is 18.4 Å². The summed E-state index contributed by atoms with van der Waals surface area (Å²) in [6.45, 7) is -0.620. The van der Waals surface area contributed by atoms with Crippen LogP contribution >= 0.6 is 0 Å². The predicted molar refractivity (Wildman–Crippen MR) is 70.7 cm³/mol. The molecule has 1 aromatic heterocycles. The van der Waals surface area contributed by atoms with Crippen molar-refractivity contribution in [1.29, 1.82) is 0 Å². The third-order valence-electron chi connectivity index (χ3n) is 2.48. The summed E-state index contributed by atoms with van der Waals surface area (Å²) in [5.41, 5.74) is -0.766. The Balaban J connectivity index is 1.93. The zero-order valence-electron chi connectivity index (χ0n) is 10.9. The fourth-order valence-electron chi connectivity index (χ4n) is 1.52. The van der Waals surface area contributed by atoms with Crippen LogP contribution in [-0.4, -0.2) is 23.4 Å². The van der Waals surface area contributed by atoms with Gasteiger partial charge in [0.1, 0.15) is 0 Å². The number of ether oxygens (including phenoxy) is 1. The van der Waals surface area contributed by atoms with Gasteiger partial charge >= 0.3 is 11.7 Å². The van der Waals surface area contributed by atoms with Crippen molar-refractivity contribution in [3.8, 4) is 0 Å². The minimum Gasteiger partial charge on any atom is -0.457 e. The van der Waals surface area contributed by atoms with Gasteiger partial charge in [-0.2, -0.15) is 4.39 Å². The van der Waals surface area contributed by atoms with Crippen LogP contribution in [0.2, 0.25) is 0 Å². The van der Waals surface area contributed by atoms with E-state index in [2.05, 4.69) is 10.1 Å². The number of halogens is 1. The molecule has 22 heavy (non-hydrogen) atoms. The Bertz CT molecular complexity index is 713. The highest BCUT2D eigenvalue weighted by molar-refractivity contribution is 5.94. The first kappa shape index (κ1) is 15.2. The Morgan fingerprint density at radius 1 is 1.36 bits per heavy atom. The van der Waals surface area contributed by atoms with Crippen molar-refractivity contribution >= 4 is 23.3 Å². The fraction of sp³-hybridized carbons (Fsp3) is 0.0769. The molecule has 0 aliphatic carbocycles. The molecule has 0 bridgehead atoms. The van der Waals surface area contributed by atoms with Crippen molar-refractivity contribution < 1.29 is 28.1 Å². The molecule has 0 aliphatic rings. The molecule has 9 heteroatoms. The maximum Gasteiger partial charge on any atom is 0.374 e. The van der Waals surface area contributed by atoms with E-state index in [-0.39, 0.29) is 11.4 Å². The van der Waals surface area contributed by atoms with Gasteiger partial charge in [-0.05, 0) is 24.3 Å². The predicted octanol–water partition coefficient (Wildman–Crippen LogP) is 2.12. The molecular formula is C13H9FN2O6. The monoisotopic (exact) mass is 308 g/mol. The number of nitro benzene ring substituents is 1. The number of anilines is 1. The molecule has 0 radical (unpaired) electrons. The topological polar surface area (TPSA) is 112 Å². The van der Waals surface area contributed by atoms with Gasteiger partial charge in [-0.1, -0.05) is 0 Å². The second-order valence-corrected chi connectivity index (χ2v) is 4.02. The molecule has 8 nitrogen and oxygen atoms in total. The maximum absolute atomic E-state index is 13.1. The van der Waals surface area contributed by atoms with Gasteiger partial charge in [0.15, 0.2) is 6.61 Å². The minimum atomic E-state index is -1.02. The zero-order valence-corrected chi connectivity index (χ0v) is 10.9. The molecule has 114 valence electrons. The number of hydrogen-bond acceptors (Lipinski definition) is 6. The number of carbonyl (C=O) groups excluding carboxylic acids is 2. The van der Waals surface area contributed by atoms with E-state index in [0.717, 1.165) is 18.2 Å². The Morgan fingerprint density at radius 3 is 2.77 bits per heavy atom. The maximum atomic E-state index is 13.1. The summed E-state index contributed by atoms with van der Waals surface area (Å²) in [5, 5.41) is 12.8. The van der Waals surface area contributed by atoms with Crippen molar-refractivity contribution in [2.75, 3.05) is 11.9 Å². The summed E-state index contributed by atoms with van der Waals surface area (Å²) >= 11 is 0. The Morgan fingerprint density at radius 2 is 2.14 bits per heavy atom. The highest BCUT2D eigenvalue weighted by Gasteiger charge is 2.16. The van der Waals surface area contributed by atoms with Crippen molar-refractivity contribution in [1.82, 2.24) is 0 Å². The van der Waals surface area contributed by atoms with E-state index < -0.39 is 34.9 Å². The molecule has 0 saturated carbocycles. The van der Waals surface area contributed by atoms with Gasteiger partial charge in [0.05, 0.1) is 11.2 Å². The molecule has 1 amide bonds. The molecule has 0 saturated heterocycles. The second kappa shape index (κ2) is 6.48. The number of nitrogens with one attached hydrogen (secondary N) is 1. The third-order valence-corrected chi connectivity index (χ3v) is 2.48.